The fraction of sp³-hybridized carbons (Fsp3) is 0.769. The molecular formula is C13H22N2O2. The maximum Gasteiger partial charge on any atom is 0.0973 e. The van der Waals surface area contributed by atoms with Gasteiger partial charge in [-0.25, -0.2) is 0 Å². The third-order valence-corrected chi connectivity index (χ3v) is 3.54. The van der Waals surface area contributed by atoms with Gasteiger partial charge in [0.2, 0.25) is 0 Å². The summed E-state index contributed by atoms with van der Waals surface area (Å²) in [5.74, 6) is 0. The van der Waals surface area contributed by atoms with Gasteiger partial charge in [0, 0.05) is 31.1 Å². The Morgan fingerprint density at radius 2 is 2.41 bits per heavy atom. The van der Waals surface area contributed by atoms with Gasteiger partial charge in [-0.05, 0) is 13.3 Å². The van der Waals surface area contributed by atoms with E-state index in [-0.39, 0.29) is 6.10 Å². The Kier molecular flexibility index (Phi) is 3.84. The van der Waals surface area contributed by atoms with Gasteiger partial charge in [0.25, 0.3) is 0 Å². The van der Waals surface area contributed by atoms with Crippen LogP contribution in [0, 0.1) is 0 Å². The lowest BCUT2D eigenvalue weighted by Crippen LogP contribution is -2.38. The predicted octanol–water partition coefficient (Wildman–Crippen LogP) is 2.07. The zero-order valence-electron chi connectivity index (χ0n) is 10.7. The summed E-state index contributed by atoms with van der Waals surface area (Å²) >= 11 is 0. The Balaban J connectivity index is 2.11. The minimum absolute atomic E-state index is 0.184. The first-order valence-corrected chi connectivity index (χ1v) is 6.55. The molecule has 2 unspecified atom stereocenters. The molecule has 1 saturated heterocycles. The maximum atomic E-state index is 10.7. The average molecular weight is 238 g/mol. The highest BCUT2D eigenvalue weighted by molar-refractivity contribution is 5.16. The molecule has 1 aromatic heterocycles. The highest BCUT2D eigenvalue weighted by Crippen LogP contribution is 2.35. The van der Waals surface area contributed by atoms with Crippen LogP contribution in [0.2, 0.25) is 0 Å². The van der Waals surface area contributed by atoms with Gasteiger partial charge in [-0.3, -0.25) is 4.68 Å². The molecule has 2 rings (SSSR count). The Bertz CT molecular complexity index is 362. The minimum Gasteiger partial charge on any atom is -0.385 e. The van der Waals surface area contributed by atoms with Crippen molar-refractivity contribution in [2.45, 2.75) is 57.8 Å². The number of ether oxygens (including phenoxy) is 1. The van der Waals surface area contributed by atoms with Gasteiger partial charge in [0.05, 0.1) is 24.5 Å². The third kappa shape index (κ3) is 2.69. The van der Waals surface area contributed by atoms with Crippen molar-refractivity contribution in [3.8, 4) is 0 Å². The number of rotatable bonds is 4. The molecule has 0 amide bonds. The fourth-order valence-electron chi connectivity index (χ4n) is 2.48. The highest BCUT2D eigenvalue weighted by Gasteiger charge is 2.37. The molecule has 2 heterocycles. The van der Waals surface area contributed by atoms with Gasteiger partial charge in [0.15, 0.2) is 0 Å². The third-order valence-electron chi connectivity index (χ3n) is 3.54. The lowest BCUT2D eigenvalue weighted by molar-refractivity contribution is -0.110. The Morgan fingerprint density at radius 3 is 3.06 bits per heavy atom. The second kappa shape index (κ2) is 5.19. The second-order valence-electron chi connectivity index (χ2n) is 4.85. The van der Waals surface area contributed by atoms with Crippen LogP contribution in [0.1, 0.15) is 45.1 Å². The van der Waals surface area contributed by atoms with E-state index in [9.17, 15) is 5.11 Å². The van der Waals surface area contributed by atoms with Crippen LogP contribution in [0.15, 0.2) is 12.4 Å². The van der Waals surface area contributed by atoms with E-state index in [0.717, 1.165) is 24.9 Å². The average Bonchev–Trinajstić information content (AvgIpc) is 2.79. The fourth-order valence-corrected chi connectivity index (χ4v) is 2.48. The number of hydrogen-bond acceptors (Lipinski definition) is 3. The molecule has 0 spiro atoms. The SMILES string of the molecule is CCCC1CC(O)(c2cnn(CC)c2)CCO1. The number of hydrogen-bond donors (Lipinski definition) is 1. The summed E-state index contributed by atoms with van der Waals surface area (Å²) < 4.78 is 7.54. The van der Waals surface area contributed by atoms with Crippen LogP contribution in [-0.2, 0) is 16.9 Å². The summed E-state index contributed by atoms with van der Waals surface area (Å²) in [4.78, 5) is 0. The van der Waals surface area contributed by atoms with E-state index >= 15 is 0 Å². The van der Waals surface area contributed by atoms with Crippen LogP contribution in [0.5, 0.6) is 0 Å². The molecular weight excluding hydrogens is 216 g/mol. The molecule has 17 heavy (non-hydrogen) atoms. The van der Waals surface area contributed by atoms with E-state index in [2.05, 4.69) is 12.0 Å². The molecule has 1 aliphatic rings. The van der Waals surface area contributed by atoms with Gasteiger partial charge in [-0.2, -0.15) is 5.10 Å². The van der Waals surface area contributed by atoms with Crippen molar-refractivity contribution in [3.63, 3.8) is 0 Å². The zero-order valence-corrected chi connectivity index (χ0v) is 10.7. The standard InChI is InChI=1S/C13H22N2O2/c1-3-5-12-8-13(16,6-7-17-12)11-9-14-15(4-2)10-11/h9-10,12,16H,3-8H2,1-2H3. The Labute approximate surface area is 103 Å². The molecule has 0 aromatic carbocycles. The molecule has 0 saturated carbocycles. The first kappa shape index (κ1) is 12.6. The second-order valence-corrected chi connectivity index (χ2v) is 4.85. The largest absolute Gasteiger partial charge is 0.385 e. The van der Waals surface area contributed by atoms with Crippen LogP contribution in [0.4, 0.5) is 0 Å². The lowest BCUT2D eigenvalue weighted by Gasteiger charge is -2.36. The summed E-state index contributed by atoms with van der Waals surface area (Å²) in [7, 11) is 0. The summed E-state index contributed by atoms with van der Waals surface area (Å²) in [6, 6.07) is 0. The van der Waals surface area contributed by atoms with E-state index in [1.807, 2.05) is 17.8 Å². The Hall–Kier alpha value is -0.870. The molecule has 1 fully saturated rings. The number of aliphatic hydroxyl groups is 1. The molecule has 96 valence electrons. The van der Waals surface area contributed by atoms with E-state index in [4.69, 9.17) is 4.74 Å². The van der Waals surface area contributed by atoms with Crippen molar-refractivity contribution in [2.75, 3.05) is 6.61 Å². The maximum absolute atomic E-state index is 10.7. The molecule has 2 atom stereocenters. The summed E-state index contributed by atoms with van der Waals surface area (Å²) in [6.07, 6.45) is 7.40. The number of nitrogens with zero attached hydrogens (tertiary/aromatic N) is 2. The molecule has 1 aromatic rings. The van der Waals surface area contributed by atoms with E-state index < -0.39 is 5.60 Å². The first-order valence-electron chi connectivity index (χ1n) is 6.55. The van der Waals surface area contributed by atoms with Crippen molar-refractivity contribution in [2.24, 2.45) is 0 Å². The molecule has 0 aliphatic carbocycles. The summed E-state index contributed by atoms with van der Waals surface area (Å²) in [5, 5.41) is 15.0. The van der Waals surface area contributed by atoms with Gasteiger partial charge in [-0.1, -0.05) is 13.3 Å². The van der Waals surface area contributed by atoms with Crippen LogP contribution < -0.4 is 0 Å². The van der Waals surface area contributed by atoms with Gasteiger partial charge < -0.3 is 9.84 Å². The van der Waals surface area contributed by atoms with Gasteiger partial charge in [0.1, 0.15) is 0 Å². The minimum atomic E-state index is -0.745. The number of aryl methyl sites for hydroxylation is 1. The zero-order chi connectivity index (χ0) is 12.3. The number of aromatic nitrogens is 2. The predicted molar refractivity (Wildman–Crippen MR) is 65.7 cm³/mol. The van der Waals surface area contributed by atoms with Crippen molar-refractivity contribution >= 4 is 0 Å². The van der Waals surface area contributed by atoms with Gasteiger partial charge in [-0.15, -0.1) is 0 Å². The smallest absolute Gasteiger partial charge is 0.0973 e. The quantitative estimate of drug-likeness (QED) is 0.873. The van der Waals surface area contributed by atoms with E-state index in [1.54, 1.807) is 6.20 Å². The monoisotopic (exact) mass is 238 g/mol. The van der Waals surface area contributed by atoms with E-state index in [0.29, 0.717) is 19.4 Å². The normalized spacial score (nSPS) is 29.5. The molecule has 1 N–H and O–H groups in total. The summed E-state index contributed by atoms with van der Waals surface area (Å²) in [6.45, 7) is 5.67. The van der Waals surface area contributed by atoms with Crippen LogP contribution >= 0.6 is 0 Å². The van der Waals surface area contributed by atoms with Crippen LogP contribution in [-0.4, -0.2) is 27.6 Å². The van der Waals surface area contributed by atoms with Crippen molar-refractivity contribution in [1.29, 1.82) is 0 Å². The lowest BCUT2D eigenvalue weighted by atomic mass is 9.84. The molecule has 0 radical (unpaired) electrons. The molecule has 0 bridgehead atoms. The molecule has 4 heteroatoms. The van der Waals surface area contributed by atoms with Crippen LogP contribution in [0.3, 0.4) is 0 Å². The highest BCUT2D eigenvalue weighted by atomic mass is 16.5. The van der Waals surface area contributed by atoms with Crippen molar-refractivity contribution in [3.05, 3.63) is 18.0 Å². The van der Waals surface area contributed by atoms with Crippen LogP contribution in [0.25, 0.3) is 0 Å². The van der Waals surface area contributed by atoms with Crippen molar-refractivity contribution < 1.29 is 9.84 Å². The topological polar surface area (TPSA) is 47.3 Å². The van der Waals surface area contributed by atoms with Gasteiger partial charge >= 0.3 is 0 Å². The Morgan fingerprint density at radius 1 is 1.59 bits per heavy atom. The van der Waals surface area contributed by atoms with Crippen molar-refractivity contribution in [1.82, 2.24) is 9.78 Å². The molecule has 1 aliphatic heterocycles. The molecule has 4 nitrogen and oxygen atoms in total. The summed E-state index contributed by atoms with van der Waals surface area (Å²) in [5.41, 5.74) is 0.189. The van der Waals surface area contributed by atoms with E-state index in [1.165, 1.54) is 0 Å². The first-order chi connectivity index (χ1) is 8.18.